The van der Waals surface area contributed by atoms with Gasteiger partial charge in [0.15, 0.2) is 0 Å². The van der Waals surface area contributed by atoms with Gasteiger partial charge >= 0.3 is 0 Å². The molecule has 0 unspecified atom stereocenters. The Balaban J connectivity index is 0.794. The summed E-state index contributed by atoms with van der Waals surface area (Å²) in [6.07, 6.45) is 0. The molecule has 147 heavy (non-hydrogen) atoms. The number of aromatic nitrogens is 2. The van der Waals surface area contributed by atoms with Crippen LogP contribution in [0.4, 0.5) is 34.1 Å². The molecule has 2 aliphatic heterocycles. The monoisotopic (exact) mass is 1890 g/mol. The summed E-state index contributed by atoms with van der Waals surface area (Å²) in [7, 11) is 0. The van der Waals surface area contributed by atoms with Crippen molar-refractivity contribution in [1.82, 2.24) is 9.13 Å². The van der Waals surface area contributed by atoms with E-state index in [1.165, 1.54) is 0 Å². The van der Waals surface area contributed by atoms with Gasteiger partial charge in [-0.25, -0.2) is 0 Å². The average Bonchev–Trinajstić information content (AvgIpc) is 1.68. The Hall–Kier alpha value is -17.9. The smallest absolute Gasteiger partial charge is 0.252 e. The highest BCUT2D eigenvalue weighted by molar-refractivity contribution is 7.00. The van der Waals surface area contributed by atoms with Gasteiger partial charge in [-0.15, -0.1) is 0 Å². The first-order valence-corrected chi connectivity index (χ1v) is 50.7. The van der Waals surface area contributed by atoms with E-state index >= 15 is 0 Å². The lowest BCUT2D eigenvalue weighted by molar-refractivity contribution is 0.569. The molecule has 0 spiro atoms. The van der Waals surface area contributed by atoms with Gasteiger partial charge < -0.3 is 18.9 Å². The van der Waals surface area contributed by atoms with E-state index in [1.807, 2.05) is 143 Å². The summed E-state index contributed by atoms with van der Waals surface area (Å²) in [6.45, 7) is 12.9. The number of hydrogen-bond acceptors (Lipinski definition) is 2. The minimum Gasteiger partial charge on any atom is -0.311 e. The van der Waals surface area contributed by atoms with Crippen molar-refractivity contribution in [3.63, 3.8) is 0 Å². The maximum Gasteiger partial charge on any atom is 0.252 e. The molecule has 0 saturated heterocycles. The lowest BCUT2D eigenvalue weighted by Crippen LogP contribution is -2.61. The van der Waals surface area contributed by atoms with Gasteiger partial charge in [0.05, 0.1) is 60.7 Å². The third-order valence-electron chi connectivity index (χ3n) is 31.2. The molecule has 4 aliphatic rings. The number of hydrogen-bond donors (Lipinski definition) is 0. The predicted molar refractivity (Wildman–Crippen MR) is 619 cm³/mol. The summed E-state index contributed by atoms with van der Waals surface area (Å²) in [6, 6.07) is 152. The van der Waals surface area contributed by atoms with Crippen LogP contribution in [0.5, 0.6) is 0 Å². The zero-order valence-corrected chi connectivity index (χ0v) is 82.0. The van der Waals surface area contributed by atoms with Crippen molar-refractivity contribution in [2.24, 2.45) is 0 Å². The fraction of sp³-hybridized carbons (Fsp3) is 0.0704. The minimum absolute atomic E-state index is 0.0957. The van der Waals surface area contributed by atoms with E-state index in [-0.39, 0.29) is 149 Å². The van der Waals surface area contributed by atoms with Crippen molar-refractivity contribution in [3.8, 4) is 112 Å². The van der Waals surface area contributed by atoms with Crippen LogP contribution in [0.2, 0.25) is 0 Å². The molecular weight excluding hydrogens is 1770 g/mol. The summed E-state index contributed by atoms with van der Waals surface area (Å²) in [5.74, 6) is 0. The van der Waals surface area contributed by atoms with Crippen LogP contribution in [0.1, 0.15) is 114 Å². The van der Waals surface area contributed by atoms with Crippen LogP contribution in [-0.4, -0.2) is 15.8 Å². The fourth-order valence-electron chi connectivity index (χ4n) is 24.4. The predicted octanol–water partition coefficient (Wildman–Crippen LogP) is 35.0. The zero-order chi connectivity index (χ0) is 109. The lowest BCUT2D eigenvalue weighted by atomic mass is 9.33. The van der Waals surface area contributed by atoms with Crippen LogP contribution < -0.4 is 26.2 Å². The van der Waals surface area contributed by atoms with E-state index in [9.17, 15) is 16.4 Å². The molecular formula is C142H103BN4. The van der Waals surface area contributed by atoms with Crippen LogP contribution in [-0.2, 0) is 21.7 Å². The normalized spacial score (nSPS) is 14.6. The van der Waals surface area contributed by atoms with Crippen LogP contribution in [0.25, 0.3) is 155 Å². The number of rotatable bonds is 15. The number of nitrogens with zero attached hydrogens (tertiary/aromatic N) is 4. The van der Waals surface area contributed by atoms with Crippen molar-refractivity contribution in [3.05, 3.63) is 571 Å². The van der Waals surface area contributed by atoms with E-state index in [0.29, 0.717) is 45.0 Å². The molecule has 694 valence electrons. The molecule has 0 N–H and O–H groups in total. The summed E-state index contributed by atoms with van der Waals surface area (Å²) in [4.78, 5) is 4.87. The SMILES string of the molecule is [2H]c1c(-c2ccccc2)c([2H])c2c(c1[2H])c1c([2H])c([2H])c(-c3ccccc3)c([2H])c1n2-c1ccc2c(c1)N(c1ccccc1-c1ccc3c(c1)-c1ccccc1C3(c1ccccc1)c1ccccc1)c1cc(-c3cc(C(C)(C)C)cc(C(C)(C)C)c3)cc3c1B2c1ccc(-n2c4c([2H])c(-c5ccccc5)c([2H])c([2H])c4c4c([2H])c([2H])c(-c5ccccc5)c([2H])c42)cc1N3c1ccccc1-c1ccc2c(c1)-c1ccccc1C2(c1ccccc1)c1ccccc1. The fourth-order valence-corrected chi connectivity index (χ4v) is 24.4. The molecule has 4 nitrogen and oxygen atoms in total. The molecule has 0 amide bonds. The van der Waals surface area contributed by atoms with E-state index in [0.717, 1.165) is 150 Å². The summed E-state index contributed by atoms with van der Waals surface area (Å²) in [5, 5.41) is 0.383. The quantitative estimate of drug-likeness (QED) is 0.0951. The third-order valence-corrected chi connectivity index (χ3v) is 31.2. The Bertz CT molecular complexity index is 9340. The minimum atomic E-state index is -0.763. The van der Waals surface area contributed by atoms with Crippen molar-refractivity contribution >= 4 is 101 Å². The molecule has 2 aromatic heterocycles. The second-order valence-electron chi connectivity index (χ2n) is 41.5. The Kier molecular flexibility index (Phi) is 17.3. The average molecular weight is 1890 g/mol. The van der Waals surface area contributed by atoms with E-state index in [4.69, 9.17) is 0 Å². The van der Waals surface area contributed by atoms with Crippen LogP contribution in [0.3, 0.4) is 0 Å². The molecule has 0 saturated carbocycles. The number of fused-ring (bicyclic) bond motifs is 16. The number of para-hydroxylation sites is 2. The van der Waals surface area contributed by atoms with Crippen molar-refractivity contribution in [2.75, 3.05) is 9.80 Å². The van der Waals surface area contributed by atoms with Crippen LogP contribution in [0, 0.1) is 0 Å². The van der Waals surface area contributed by atoms with Gasteiger partial charge in [-0.3, -0.25) is 0 Å². The molecule has 28 rings (SSSR count). The molecule has 5 heteroatoms. The molecule has 2 aliphatic carbocycles. The van der Waals surface area contributed by atoms with Crippen molar-refractivity contribution < 1.29 is 16.4 Å². The second kappa shape index (κ2) is 33.9. The largest absolute Gasteiger partial charge is 0.311 e. The first-order chi connectivity index (χ1) is 77.2. The van der Waals surface area contributed by atoms with E-state index in [1.54, 1.807) is 0 Å². The van der Waals surface area contributed by atoms with E-state index in [2.05, 4.69) is 361 Å². The Morgan fingerprint density at radius 1 is 0.211 bits per heavy atom. The first-order valence-electron chi connectivity index (χ1n) is 56.7. The van der Waals surface area contributed by atoms with Gasteiger partial charge in [0.2, 0.25) is 0 Å². The molecule has 0 atom stereocenters. The topological polar surface area (TPSA) is 16.3 Å². The highest BCUT2D eigenvalue weighted by Gasteiger charge is 2.50. The van der Waals surface area contributed by atoms with Gasteiger partial charge in [0.25, 0.3) is 6.71 Å². The molecule has 0 bridgehead atoms. The standard InChI is InChI=1S/C142H103BN4/c1-139(2,3)108-79-102(80-109(89-108)140(4,5)6)103-87-136-138-137(88-103)147(129-62-38-34-56-113(129)101-68-76-125-121(82-101)115-58-32-36-60-123(115)142(125,106-51-27-13-28-52-106)107-53-29-14-30-54-107)135-91-111(145-132-85-98(94-43-19-9-20-44-94)65-73-118(132)119-74-66-99(86-133(119)145)95-45-21-10-22-46-95)70-78-127(135)143(138)126-77-69-110(144-130-83-96(92-39-15-7-16-40-92)63-71-116(130)117-72-64-97(84-131(117)144)93-41-17-8-18-42-93)90-134(126)146(136)128-61-37-33-55-112(128)100-67-75-124-120(81-100)114-57-31-35-59-122(114)141(124,104-47-23-11-24-48-104)105-49-25-12-26-50-105/h7-91H,1-6H3/i63D,64D,65D,66D,71D,72D,73D,74D,83D,84D,85D,86D. The zero-order valence-electron chi connectivity index (χ0n) is 94.0. The van der Waals surface area contributed by atoms with Crippen molar-refractivity contribution in [1.29, 1.82) is 0 Å². The second-order valence-corrected chi connectivity index (χ2v) is 41.5. The first kappa shape index (κ1) is 75.0. The molecule has 0 radical (unpaired) electrons. The number of benzene rings is 22. The number of anilines is 6. The Morgan fingerprint density at radius 2 is 0.497 bits per heavy atom. The molecule has 0 fully saturated rings. The maximum absolute atomic E-state index is 11.0. The van der Waals surface area contributed by atoms with Gasteiger partial charge in [-0.1, -0.05) is 472 Å². The molecule has 22 aromatic carbocycles. The lowest BCUT2D eigenvalue weighted by Gasteiger charge is -2.45. The summed E-state index contributed by atoms with van der Waals surface area (Å²) >= 11 is 0. The summed E-state index contributed by atoms with van der Waals surface area (Å²) in [5.41, 5.74) is 30.4. The van der Waals surface area contributed by atoms with Crippen molar-refractivity contribution in [2.45, 2.75) is 63.2 Å². The Morgan fingerprint density at radius 3 is 0.823 bits per heavy atom. The third kappa shape index (κ3) is 13.7. The van der Waals surface area contributed by atoms with E-state index < -0.39 is 17.5 Å². The van der Waals surface area contributed by atoms with Crippen LogP contribution >= 0.6 is 0 Å². The van der Waals surface area contributed by atoms with Crippen LogP contribution in [0.15, 0.2) is 515 Å². The van der Waals surface area contributed by atoms with Gasteiger partial charge in [-0.05, 0) is 257 Å². The maximum atomic E-state index is 11.0. The van der Waals surface area contributed by atoms with Gasteiger partial charge in [0, 0.05) is 66.8 Å². The highest BCUT2D eigenvalue weighted by Crippen LogP contribution is 2.61. The Labute approximate surface area is 876 Å². The molecule has 24 aromatic rings. The van der Waals surface area contributed by atoms with Gasteiger partial charge in [0.1, 0.15) is 0 Å². The van der Waals surface area contributed by atoms with Gasteiger partial charge in [-0.2, -0.15) is 0 Å². The molecule has 4 heterocycles. The summed E-state index contributed by atoms with van der Waals surface area (Å²) < 4.78 is 130. The highest BCUT2D eigenvalue weighted by atomic mass is 15.2.